The molecule has 2 N–H and O–H groups in total. The third-order valence-corrected chi connectivity index (χ3v) is 14.2. The number of carbonyl (C=O) groups excluding carboxylic acids is 1. The molecular formula is C49H52N2O8. The number of aromatic hydroxyl groups is 1. The Balaban J connectivity index is 1.37. The van der Waals surface area contributed by atoms with E-state index in [0.717, 1.165) is 84.1 Å². The van der Waals surface area contributed by atoms with Crippen molar-refractivity contribution in [1.29, 1.82) is 0 Å². The summed E-state index contributed by atoms with van der Waals surface area (Å²) in [6, 6.07) is 14.5. The Hall–Kier alpha value is -5.45. The zero-order valence-corrected chi connectivity index (χ0v) is 35.7. The van der Waals surface area contributed by atoms with Crippen LogP contribution in [0.5, 0.6) is 40.2 Å². The van der Waals surface area contributed by atoms with Gasteiger partial charge in [0.2, 0.25) is 5.60 Å². The number of nitrogens with one attached hydrogen (secondary N) is 1. The molecule has 0 aromatic heterocycles. The summed E-state index contributed by atoms with van der Waals surface area (Å²) in [6.45, 7) is 12.8. The molecule has 0 unspecified atom stereocenters. The first-order valence-corrected chi connectivity index (χ1v) is 20.6. The number of ketones is 1. The normalized spacial score (nSPS) is 26.1. The van der Waals surface area contributed by atoms with Gasteiger partial charge in [0.1, 0.15) is 40.2 Å². The van der Waals surface area contributed by atoms with E-state index in [1.165, 1.54) is 0 Å². The van der Waals surface area contributed by atoms with Crippen molar-refractivity contribution in [1.82, 2.24) is 10.2 Å². The molecule has 10 heteroatoms. The fourth-order valence-corrected chi connectivity index (χ4v) is 11.6. The predicted octanol–water partition coefficient (Wildman–Crippen LogP) is 9.13. The Kier molecular flexibility index (Phi) is 8.18. The van der Waals surface area contributed by atoms with Gasteiger partial charge in [0.15, 0.2) is 11.4 Å². The number of fused-ring (bicyclic) bond motifs is 8. The van der Waals surface area contributed by atoms with E-state index in [2.05, 4.69) is 63.2 Å². The Bertz CT molecular complexity index is 2690. The van der Waals surface area contributed by atoms with E-state index in [4.69, 9.17) is 28.4 Å². The Morgan fingerprint density at radius 2 is 1.49 bits per heavy atom. The van der Waals surface area contributed by atoms with Crippen LogP contribution in [0.1, 0.15) is 102 Å². The molecule has 10 rings (SSSR count). The van der Waals surface area contributed by atoms with Crippen LogP contribution >= 0.6 is 0 Å². The van der Waals surface area contributed by atoms with Crippen LogP contribution in [0.25, 0.3) is 33.0 Å². The molecule has 1 spiro atoms. The van der Waals surface area contributed by atoms with Gasteiger partial charge in [0, 0.05) is 69.7 Å². The molecule has 0 amide bonds. The SMILES string of the molecule is COc1ccc2c3c1C(=O)C[C@]1(C)Oc4c(cc(-c5c(O)cc(OC)c6c5C[C@@H](C)N[C@@H]6C)c5cc(C)cc(OC)c45)[C@]31Oc1cc(OC)c3c(c1-2)C[C@@H](C)N(C)[C@@H]3C. The van der Waals surface area contributed by atoms with Crippen LogP contribution in [0.4, 0.5) is 0 Å². The van der Waals surface area contributed by atoms with Gasteiger partial charge >= 0.3 is 0 Å². The quantitative estimate of drug-likeness (QED) is 0.179. The van der Waals surface area contributed by atoms with Gasteiger partial charge in [0.05, 0.1) is 45.8 Å². The number of hydrogen-bond acceptors (Lipinski definition) is 10. The van der Waals surface area contributed by atoms with E-state index in [1.54, 1.807) is 34.5 Å². The zero-order valence-electron chi connectivity index (χ0n) is 35.7. The van der Waals surface area contributed by atoms with Gasteiger partial charge in [0.25, 0.3) is 0 Å². The summed E-state index contributed by atoms with van der Waals surface area (Å²) >= 11 is 0. The van der Waals surface area contributed by atoms with Gasteiger partial charge in [-0.25, -0.2) is 0 Å². The van der Waals surface area contributed by atoms with Crippen molar-refractivity contribution < 1.29 is 38.3 Å². The molecule has 5 aromatic carbocycles. The van der Waals surface area contributed by atoms with E-state index in [9.17, 15) is 9.90 Å². The number of nitrogens with zero attached hydrogens (tertiary/aromatic N) is 1. The number of benzene rings is 5. The molecular weight excluding hydrogens is 745 g/mol. The smallest absolute Gasteiger partial charge is 0.203 e. The fourth-order valence-electron chi connectivity index (χ4n) is 11.6. The summed E-state index contributed by atoms with van der Waals surface area (Å²) in [4.78, 5) is 17.2. The summed E-state index contributed by atoms with van der Waals surface area (Å²) in [6.07, 6.45) is 1.46. The standard InChI is InChI=1S/C49H52N2O8/c1-22-14-28-29(42-30-16-23(2)50-25(4)40(30)37(56-10)19-33(42)52)18-32-47(44(28)36(15-22)55-9)59-48(6)21-34(53)45-35(54-8)13-12-27-43-31-17-24(3)51(7)26(5)41(31)38(57-11)20-39(43)58-49(32,48)46(27)45/h12-15,18-20,23-26,50,52H,16-17,21H2,1-11H3/t23-,24-,25-,26-,48+,49+/m1/s1. The Morgan fingerprint density at radius 3 is 2.20 bits per heavy atom. The number of phenolic OH excluding ortho intramolecular Hbond substituents is 1. The monoisotopic (exact) mass is 796 g/mol. The number of Topliss-reactive ketones (excluding diaryl/α,β-unsaturated/α-hetero) is 1. The first-order valence-electron chi connectivity index (χ1n) is 20.6. The highest BCUT2D eigenvalue weighted by molar-refractivity contribution is 6.10. The average molecular weight is 797 g/mol. The van der Waals surface area contributed by atoms with Gasteiger partial charge in [-0.05, 0) is 113 Å². The third kappa shape index (κ3) is 4.78. The molecule has 0 bridgehead atoms. The van der Waals surface area contributed by atoms with Crippen LogP contribution < -0.4 is 33.7 Å². The average Bonchev–Trinajstić information content (AvgIpc) is 3.44. The molecule has 4 heterocycles. The highest BCUT2D eigenvalue weighted by Gasteiger charge is 2.68. The molecule has 4 aliphatic heterocycles. The third-order valence-electron chi connectivity index (χ3n) is 14.2. The second-order valence-corrected chi connectivity index (χ2v) is 17.6. The van der Waals surface area contributed by atoms with Crippen LogP contribution in [0, 0.1) is 6.92 Å². The molecule has 306 valence electrons. The van der Waals surface area contributed by atoms with Gasteiger partial charge in [-0.3, -0.25) is 9.69 Å². The maximum Gasteiger partial charge on any atom is 0.203 e. The van der Waals surface area contributed by atoms with Gasteiger partial charge in [-0.1, -0.05) is 12.1 Å². The second-order valence-electron chi connectivity index (χ2n) is 17.6. The lowest BCUT2D eigenvalue weighted by molar-refractivity contribution is -0.0642. The predicted molar refractivity (Wildman–Crippen MR) is 227 cm³/mol. The Labute approximate surface area is 345 Å². The van der Waals surface area contributed by atoms with Crippen molar-refractivity contribution in [2.75, 3.05) is 35.5 Å². The van der Waals surface area contributed by atoms with E-state index in [0.29, 0.717) is 40.7 Å². The van der Waals surface area contributed by atoms with Crippen LogP contribution in [0.2, 0.25) is 0 Å². The maximum absolute atomic E-state index is 14.8. The molecule has 59 heavy (non-hydrogen) atoms. The van der Waals surface area contributed by atoms with E-state index >= 15 is 0 Å². The van der Waals surface area contributed by atoms with Gasteiger partial charge in [-0.2, -0.15) is 0 Å². The van der Waals surface area contributed by atoms with E-state index in [1.807, 2.05) is 32.0 Å². The molecule has 0 saturated carbocycles. The summed E-state index contributed by atoms with van der Waals surface area (Å²) in [5.74, 6) is 3.80. The summed E-state index contributed by atoms with van der Waals surface area (Å²) in [7, 11) is 8.80. The fraction of sp³-hybridized carbons (Fsp3) is 0.408. The molecule has 6 atom stereocenters. The van der Waals surface area contributed by atoms with Crippen molar-refractivity contribution in [3.8, 4) is 62.5 Å². The molecule has 5 aliphatic rings. The lowest BCUT2D eigenvalue weighted by atomic mass is 9.62. The number of likely N-dealkylation sites (N-methyl/N-ethyl adjacent to an activating group) is 1. The number of aryl methyl sites for hydroxylation is 1. The molecule has 5 aromatic rings. The molecule has 10 nitrogen and oxygen atoms in total. The first-order chi connectivity index (χ1) is 28.2. The number of hydrogen-bond donors (Lipinski definition) is 2. The second kappa shape index (κ2) is 12.8. The summed E-state index contributed by atoms with van der Waals surface area (Å²) in [5, 5.41) is 17.5. The van der Waals surface area contributed by atoms with E-state index < -0.39 is 11.2 Å². The van der Waals surface area contributed by atoms with Crippen molar-refractivity contribution in [2.45, 2.75) is 96.2 Å². The highest BCUT2D eigenvalue weighted by atomic mass is 16.6. The van der Waals surface area contributed by atoms with Crippen molar-refractivity contribution >= 4 is 16.6 Å². The van der Waals surface area contributed by atoms with Crippen LogP contribution in [0.15, 0.2) is 42.5 Å². The topological polar surface area (TPSA) is 108 Å². The van der Waals surface area contributed by atoms with E-state index in [-0.39, 0.29) is 42.1 Å². The summed E-state index contributed by atoms with van der Waals surface area (Å²) < 4.78 is 39.4. The molecule has 0 saturated heterocycles. The van der Waals surface area contributed by atoms with Gasteiger partial charge in [-0.15, -0.1) is 0 Å². The zero-order chi connectivity index (χ0) is 41.6. The highest BCUT2D eigenvalue weighted by Crippen LogP contribution is 2.68. The summed E-state index contributed by atoms with van der Waals surface area (Å²) in [5.41, 5.74) is 8.14. The molecule has 0 radical (unpaired) electrons. The molecule has 0 fully saturated rings. The minimum Gasteiger partial charge on any atom is -0.507 e. The lowest BCUT2D eigenvalue weighted by Crippen LogP contribution is -2.59. The van der Waals surface area contributed by atoms with Crippen LogP contribution in [0.3, 0.4) is 0 Å². The number of ether oxygens (including phenoxy) is 6. The van der Waals surface area contributed by atoms with Crippen LogP contribution in [-0.2, 0) is 18.4 Å². The molecule has 1 aliphatic carbocycles. The van der Waals surface area contributed by atoms with Crippen molar-refractivity contribution in [3.63, 3.8) is 0 Å². The minimum absolute atomic E-state index is 0.0270. The van der Waals surface area contributed by atoms with Crippen molar-refractivity contribution in [2.24, 2.45) is 0 Å². The lowest BCUT2D eigenvalue weighted by Gasteiger charge is -2.50. The number of methoxy groups -OCH3 is 4. The number of phenols is 1. The van der Waals surface area contributed by atoms with Crippen molar-refractivity contribution in [3.05, 3.63) is 87.0 Å². The Morgan fingerprint density at radius 1 is 0.797 bits per heavy atom. The van der Waals surface area contributed by atoms with Crippen LogP contribution in [-0.4, -0.2) is 69.0 Å². The minimum atomic E-state index is -1.34. The maximum atomic E-state index is 14.8. The number of rotatable bonds is 5. The largest absolute Gasteiger partial charge is 0.507 e. The first kappa shape index (κ1) is 37.8. The number of carbonyl (C=O) groups is 1. The van der Waals surface area contributed by atoms with Gasteiger partial charge < -0.3 is 38.8 Å².